The number of anilines is 3. The molecular formula is C27H30N4O5S. The number of carbonyl (C=O) groups excluding carboxylic acids is 1. The molecule has 3 aromatic carbocycles. The average Bonchev–Trinajstić information content (AvgIpc) is 3.26. The summed E-state index contributed by atoms with van der Waals surface area (Å²) in [6.45, 7) is 0.682. The monoisotopic (exact) mass is 522 g/mol. The van der Waals surface area contributed by atoms with Crippen LogP contribution in [-0.4, -0.2) is 46.5 Å². The summed E-state index contributed by atoms with van der Waals surface area (Å²) in [4.78, 5) is 11.9. The molecule has 0 bridgehead atoms. The van der Waals surface area contributed by atoms with Crippen molar-refractivity contribution in [2.75, 3.05) is 37.8 Å². The molecule has 37 heavy (non-hydrogen) atoms. The van der Waals surface area contributed by atoms with Crippen molar-refractivity contribution in [1.82, 2.24) is 9.84 Å². The second-order valence-corrected chi connectivity index (χ2v) is 11.0. The van der Waals surface area contributed by atoms with E-state index in [1.165, 1.54) is 11.4 Å². The molecule has 0 saturated carbocycles. The van der Waals surface area contributed by atoms with Crippen molar-refractivity contribution < 1.29 is 22.7 Å². The molecule has 2 aliphatic heterocycles. The Kier molecular flexibility index (Phi) is 6.80. The van der Waals surface area contributed by atoms with E-state index < -0.39 is 10.0 Å². The normalized spacial score (nSPS) is 15.3. The molecule has 2 heterocycles. The van der Waals surface area contributed by atoms with Gasteiger partial charge in [-0.25, -0.2) is 8.42 Å². The molecule has 10 heteroatoms. The number of hydrazine groups is 2. The molecule has 0 atom stereocenters. The van der Waals surface area contributed by atoms with Crippen LogP contribution >= 0.6 is 0 Å². The highest BCUT2D eigenvalue weighted by atomic mass is 32.2. The van der Waals surface area contributed by atoms with Crippen LogP contribution in [0.5, 0.6) is 5.75 Å². The van der Waals surface area contributed by atoms with Gasteiger partial charge in [-0.2, -0.15) is 4.31 Å². The van der Waals surface area contributed by atoms with Gasteiger partial charge in [0.2, 0.25) is 10.0 Å². The first-order chi connectivity index (χ1) is 17.8. The molecule has 2 aliphatic rings. The van der Waals surface area contributed by atoms with E-state index in [9.17, 15) is 13.2 Å². The first-order valence-corrected chi connectivity index (χ1v) is 13.5. The van der Waals surface area contributed by atoms with E-state index in [1.54, 1.807) is 31.4 Å². The van der Waals surface area contributed by atoms with Gasteiger partial charge in [0.05, 0.1) is 36.2 Å². The quantitative estimate of drug-likeness (QED) is 0.471. The number of hydrogen-bond donors (Lipinski definition) is 1. The number of esters is 1. The second kappa shape index (κ2) is 10.0. The zero-order valence-corrected chi connectivity index (χ0v) is 21.9. The molecule has 0 fully saturated rings. The third-order valence-electron chi connectivity index (χ3n) is 6.88. The lowest BCUT2D eigenvalue weighted by atomic mass is 9.98. The predicted octanol–water partition coefficient (Wildman–Crippen LogP) is 3.56. The fourth-order valence-corrected chi connectivity index (χ4v) is 6.27. The lowest BCUT2D eigenvalue weighted by Gasteiger charge is -2.32. The average molecular weight is 523 g/mol. The highest BCUT2D eigenvalue weighted by Crippen LogP contribution is 2.41. The Bertz CT molecular complexity index is 1430. The topological polar surface area (TPSA) is 91.4 Å². The molecule has 9 nitrogen and oxygen atoms in total. The van der Waals surface area contributed by atoms with E-state index in [2.05, 4.69) is 11.6 Å². The minimum Gasteiger partial charge on any atom is -0.497 e. The molecule has 5 rings (SSSR count). The van der Waals surface area contributed by atoms with Gasteiger partial charge in [0.15, 0.2) is 0 Å². The number of carbonyl (C=O) groups is 1. The smallest absolute Gasteiger partial charge is 0.305 e. The van der Waals surface area contributed by atoms with Gasteiger partial charge in [0.25, 0.3) is 0 Å². The Hall–Kier alpha value is -3.60. The number of ether oxygens (including phenoxy) is 2. The molecular weight excluding hydrogens is 492 g/mol. The number of aryl methyl sites for hydroxylation is 1. The largest absolute Gasteiger partial charge is 0.497 e. The molecule has 0 unspecified atom stereocenters. The van der Waals surface area contributed by atoms with Crippen LogP contribution in [0.1, 0.15) is 23.1 Å². The van der Waals surface area contributed by atoms with Crippen molar-refractivity contribution in [3.05, 3.63) is 77.4 Å². The molecule has 3 aromatic rings. The van der Waals surface area contributed by atoms with E-state index in [4.69, 9.17) is 9.47 Å². The number of benzene rings is 3. The molecule has 0 radical (unpaired) electrons. The third kappa shape index (κ3) is 4.75. The van der Waals surface area contributed by atoms with Crippen molar-refractivity contribution in [2.24, 2.45) is 0 Å². The Balaban J connectivity index is 1.42. The predicted molar refractivity (Wildman–Crippen MR) is 141 cm³/mol. The maximum absolute atomic E-state index is 13.3. The summed E-state index contributed by atoms with van der Waals surface area (Å²) in [5.74, 6) is 0.378. The van der Waals surface area contributed by atoms with Crippen LogP contribution in [0.15, 0.2) is 65.6 Å². The number of rotatable bonds is 7. The number of nitrogens with zero attached hydrogens (tertiary/aromatic N) is 3. The third-order valence-corrected chi connectivity index (χ3v) is 8.74. The summed E-state index contributed by atoms with van der Waals surface area (Å²) in [5, 5.41) is 3.98. The van der Waals surface area contributed by atoms with Gasteiger partial charge in [-0.1, -0.05) is 18.2 Å². The summed E-state index contributed by atoms with van der Waals surface area (Å²) in [5.41, 5.74) is 9.49. The van der Waals surface area contributed by atoms with Gasteiger partial charge in [0.1, 0.15) is 5.75 Å². The Morgan fingerprint density at radius 2 is 1.78 bits per heavy atom. The van der Waals surface area contributed by atoms with Crippen LogP contribution in [0.4, 0.5) is 17.1 Å². The maximum Gasteiger partial charge on any atom is 0.305 e. The van der Waals surface area contributed by atoms with E-state index in [0.717, 1.165) is 33.8 Å². The summed E-state index contributed by atoms with van der Waals surface area (Å²) >= 11 is 0. The Morgan fingerprint density at radius 1 is 1.00 bits per heavy atom. The summed E-state index contributed by atoms with van der Waals surface area (Å²) < 4.78 is 38.1. The maximum atomic E-state index is 13.3. The van der Waals surface area contributed by atoms with Gasteiger partial charge in [-0.3, -0.25) is 14.8 Å². The van der Waals surface area contributed by atoms with Gasteiger partial charge in [0, 0.05) is 26.6 Å². The molecule has 0 spiro atoms. The summed E-state index contributed by atoms with van der Waals surface area (Å²) in [6, 6.07) is 18.6. The first-order valence-electron chi connectivity index (χ1n) is 12.1. The lowest BCUT2D eigenvalue weighted by Crippen LogP contribution is -2.41. The molecule has 0 aliphatic carbocycles. The van der Waals surface area contributed by atoms with Crippen molar-refractivity contribution in [3.8, 4) is 5.75 Å². The molecule has 0 amide bonds. The number of hydrogen-bond acceptors (Lipinski definition) is 8. The fraction of sp³-hybridized carbons (Fsp3) is 0.296. The lowest BCUT2D eigenvalue weighted by molar-refractivity contribution is -0.140. The SMILES string of the molecule is COC(=O)CCc1ccc2c(c1)N(c1cccc3c1CCN(S(=O)(=O)c1ccc(OC)cc1)C3)NN2C. The minimum atomic E-state index is -3.64. The van der Waals surface area contributed by atoms with Gasteiger partial charge in [-0.15, -0.1) is 5.53 Å². The van der Waals surface area contributed by atoms with Crippen molar-refractivity contribution in [1.29, 1.82) is 0 Å². The summed E-state index contributed by atoms with van der Waals surface area (Å²) in [6.07, 6.45) is 1.49. The van der Waals surface area contributed by atoms with Crippen LogP contribution in [0, 0.1) is 0 Å². The number of fused-ring (bicyclic) bond motifs is 2. The van der Waals surface area contributed by atoms with Crippen molar-refractivity contribution >= 4 is 33.1 Å². The van der Waals surface area contributed by atoms with E-state index in [1.807, 2.05) is 47.4 Å². The van der Waals surface area contributed by atoms with E-state index >= 15 is 0 Å². The van der Waals surface area contributed by atoms with Gasteiger partial charge >= 0.3 is 5.97 Å². The Morgan fingerprint density at radius 3 is 2.51 bits per heavy atom. The van der Waals surface area contributed by atoms with Crippen molar-refractivity contribution in [2.45, 2.75) is 30.7 Å². The highest BCUT2D eigenvalue weighted by molar-refractivity contribution is 7.89. The second-order valence-electron chi connectivity index (χ2n) is 9.07. The number of sulfonamides is 1. The highest BCUT2D eigenvalue weighted by Gasteiger charge is 2.32. The molecule has 0 aromatic heterocycles. The zero-order valence-electron chi connectivity index (χ0n) is 21.1. The number of nitrogens with one attached hydrogen (secondary N) is 1. The molecule has 0 saturated heterocycles. The molecule has 1 N–H and O–H groups in total. The van der Waals surface area contributed by atoms with Crippen LogP contribution in [0.3, 0.4) is 0 Å². The minimum absolute atomic E-state index is 0.237. The van der Waals surface area contributed by atoms with Gasteiger partial charge in [-0.05, 0) is 72.0 Å². The first kappa shape index (κ1) is 25.1. The van der Waals surface area contributed by atoms with Crippen molar-refractivity contribution in [3.63, 3.8) is 0 Å². The van der Waals surface area contributed by atoms with E-state index in [0.29, 0.717) is 38.1 Å². The van der Waals surface area contributed by atoms with Gasteiger partial charge < -0.3 is 9.47 Å². The zero-order chi connectivity index (χ0) is 26.2. The Labute approximate surface area is 217 Å². The van der Waals surface area contributed by atoms with Crippen LogP contribution in [0.2, 0.25) is 0 Å². The van der Waals surface area contributed by atoms with E-state index in [-0.39, 0.29) is 10.9 Å². The van der Waals surface area contributed by atoms with Crippen LogP contribution < -0.4 is 20.3 Å². The molecule has 194 valence electrons. The van der Waals surface area contributed by atoms with Crippen LogP contribution in [-0.2, 0) is 38.9 Å². The summed E-state index contributed by atoms with van der Waals surface area (Å²) in [7, 11) is 1.26. The standard InChI is InChI=1S/C27H30N4O5S/c1-29-25-13-7-19(8-14-27(32)36-3)17-26(25)31(28-29)24-6-4-5-20-18-30(16-15-23(20)24)37(33,34)22-11-9-21(35-2)10-12-22/h4-7,9-13,17,28H,8,14-16,18H2,1-3H3. The number of methoxy groups -OCH3 is 2. The van der Waals surface area contributed by atoms with Crippen LogP contribution in [0.25, 0.3) is 0 Å². The fourth-order valence-electron chi connectivity index (χ4n) is 4.85.